The maximum atomic E-state index is 12.6. The van der Waals surface area contributed by atoms with Crippen molar-refractivity contribution in [3.05, 3.63) is 29.3 Å². The fourth-order valence-corrected chi connectivity index (χ4v) is 1.95. The topological polar surface area (TPSA) is 55.8 Å². The minimum atomic E-state index is -0.404. The van der Waals surface area contributed by atoms with Gasteiger partial charge in [0.05, 0.1) is 13.7 Å². The van der Waals surface area contributed by atoms with Crippen LogP contribution in [0.5, 0.6) is 5.75 Å². The summed E-state index contributed by atoms with van der Waals surface area (Å²) in [6, 6.07) is 5.16. The molecular weight excluding hydrogens is 270 g/mol. The summed E-state index contributed by atoms with van der Waals surface area (Å²) in [7, 11) is 1.56. The fraction of sp³-hybridized carbons (Fsp3) is 0.500. The average molecular weight is 293 g/mol. The van der Waals surface area contributed by atoms with E-state index in [-0.39, 0.29) is 18.5 Å². The summed E-state index contributed by atoms with van der Waals surface area (Å²) < 4.78 is 10.1. The lowest BCUT2D eigenvalue weighted by atomic mass is 10.1. The van der Waals surface area contributed by atoms with E-state index in [0.717, 1.165) is 5.56 Å². The van der Waals surface area contributed by atoms with Crippen molar-refractivity contribution in [2.24, 2.45) is 0 Å². The van der Waals surface area contributed by atoms with Crippen molar-refractivity contribution < 1.29 is 19.1 Å². The number of hydrogen-bond donors (Lipinski definition) is 0. The Morgan fingerprint density at radius 2 is 1.95 bits per heavy atom. The number of aryl methyl sites for hydroxylation is 1. The molecule has 5 heteroatoms. The largest absolute Gasteiger partial charge is 0.496 e. The van der Waals surface area contributed by atoms with Crippen LogP contribution in [0.4, 0.5) is 0 Å². The van der Waals surface area contributed by atoms with Gasteiger partial charge in [-0.3, -0.25) is 9.59 Å². The summed E-state index contributed by atoms with van der Waals surface area (Å²) >= 11 is 0. The lowest BCUT2D eigenvalue weighted by Crippen LogP contribution is -2.41. The molecule has 5 nitrogen and oxygen atoms in total. The van der Waals surface area contributed by atoms with E-state index >= 15 is 0 Å². The number of ether oxygens (including phenoxy) is 2. The third kappa shape index (κ3) is 4.48. The Labute approximate surface area is 125 Å². The van der Waals surface area contributed by atoms with Gasteiger partial charge in [0.15, 0.2) is 0 Å². The molecule has 0 aliphatic carbocycles. The molecule has 1 rings (SSSR count). The zero-order valence-corrected chi connectivity index (χ0v) is 13.3. The van der Waals surface area contributed by atoms with E-state index < -0.39 is 5.97 Å². The monoisotopic (exact) mass is 293 g/mol. The summed E-state index contributed by atoms with van der Waals surface area (Å²) in [5, 5.41) is 0. The molecule has 0 unspecified atom stereocenters. The zero-order valence-electron chi connectivity index (χ0n) is 13.3. The lowest BCUT2D eigenvalue weighted by Gasteiger charge is -2.26. The summed E-state index contributed by atoms with van der Waals surface area (Å²) in [6.07, 6.45) is 0. The first-order valence-corrected chi connectivity index (χ1v) is 7.01. The Morgan fingerprint density at radius 3 is 2.48 bits per heavy atom. The molecule has 116 valence electrons. The molecule has 0 aliphatic rings. The number of hydrogen-bond acceptors (Lipinski definition) is 4. The number of carbonyl (C=O) groups excluding carboxylic acids is 2. The SMILES string of the molecule is CCOC(=O)CN(C(=O)c1ccc(C)c(OC)c1)C(C)C. The van der Waals surface area contributed by atoms with Gasteiger partial charge in [0.1, 0.15) is 12.3 Å². The Kier molecular flexibility index (Phi) is 6.21. The highest BCUT2D eigenvalue weighted by Gasteiger charge is 2.22. The highest BCUT2D eigenvalue weighted by Crippen LogP contribution is 2.20. The normalized spacial score (nSPS) is 10.4. The number of methoxy groups -OCH3 is 1. The van der Waals surface area contributed by atoms with Gasteiger partial charge in [0.25, 0.3) is 5.91 Å². The van der Waals surface area contributed by atoms with Gasteiger partial charge in [0.2, 0.25) is 0 Å². The van der Waals surface area contributed by atoms with Gasteiger partial charge < -0.3 is 14.4 Å². The zero-order chi connectivity index (χ0) is 16.0. The molecule has 0 bridgehead atoms. The average Bonchev–Trinajstić information content (AvgIpc) is 2.44. The second kappa shape index (κ2) is 7.67. The summed E-state index contributed by atoms with van der Waals surface area (Å²) in [5.74, 6) is 0.0377. The van der Waals surface area contributed by atoms with Gasteiger partial charge in [-0.05, 0) is 45.4 Å². The number of amides is 1. The minimum absolute atomic E-state index is 0.0550. The van der Waals surface area contributed by atoms with Crippen LogP contribution in [-0.2, 0) is 9.53 Å². The van der Waals surface area contributed by atoms with Crippen molar-refractivity contribution in [1.29, 1.82) is 0 Å². The Balaban J connectivity index is 2.98. The predicted molar refractivity (Wildman–Crippen MR) is 80.5 cm³/mol. The number of esters is 1. The second-order valence-corrected chi connectivity index (χ2v) is 5.02. The van der Waals surface area contributed by atoms with E-state index in [1.807, 2.05) is 26.8 Å². The van der Waals surface area contributed by atoms with Crippen LogP contribution in [0.1, 0.15) is 36.7 Å². The molecule has 1 amide bonds. The molecule has 0 saturated heterocycles. The molecule has 0 aromatic heterocycles. The van der Waals surface area contributed by atoms with E-state index in [1.165, 1.54) is 4.90 Å². The van der Waals surface area contributed by atoms with Crippen LogP contribution in [0.3, 0.4) is 0 Å². The van der Waals surface area contributed by atoms with Crippen LogP contribution in [-0.4, -0.2) is 43.1 Å². The van der Waals surface area contributed by atoms with E-state index in [2.05, 4.69) is 0 Å². The molecule has 0 aliphatic heterocycles. The van der Waals surface area contributed by atoms with Crippen LogP contribution < -0.4 is 4.74 Å². The van der Waals surface area contributed by atoms with Crippen LogP contribution >= 0.6 is 0 Å². The Bertz CT molecular complexity index is 511. The minimum Gasteiger partial charge on any atom is -0.496 e. The predicted octanol–water partition coefficient (Wildman–Crippen LogP) is 2.42. The molecule has 0 radical (unpaired) electrons. The number of benzene rings is 1. The van der Waals surface area contributed by atoms with Gasteiger partial charge in [-0.15, -0.1) is 0 Å². The van der Waals surface area contributed by atoms with Gasteiger partial charge >= 0.3 is 5.97 Å². The molecule has 0 saturated carbocycles. The Morgan fingerprint density at radius 1 is 1.29 bits per heavy atom. The first-order valence-electron chi connectivity index (χ1n) is 7.01. The third-order valence-corrected chi connectivity index (χ3v) is 3.14. The van der Waals surface area contributed by atoms with Gasteiger partial charge in [0, 0.05) is 11.6 Å². The lowest BCUT2D eigenvalue weighted by molar-refractivity contribution is -0.144. The van der Waals surface area contributed by atoms with Crippen molar-refractivity contribution in [3.63, 3.8) is 0 Å². The smallest absolute Gasteiger partial charge is 0.325 e. The van der Waals surface area contributed by atoms with Crippen LogP contribution in [0.25, 0.3) is 0 Å². The molecular formula is C16H23NO4. The Hall–Kier alpha value is -2.04. The molecule has 1 aromatic carbocycles. The quantitative estimate of drug-likeness (QED) is 0.756. The van der Waals surface area contributed by atoms with E-state index in [4.69, 9.17) is 9.47 Å². The maximum Gasteiger partial charge on any atom is 0.325 e. The molecule has 0 spiro atoms. The molecule has 21 heavy (non-hydrogen) atoms. The van der Waals surface area contributed by atoms with E-state index in [9.17, 15) is 9.59 Å². The first kappa shape index (κ1) is 17.0. The first-order chi connectivity index (χ1) is 9.90. The number of carbonyl (C=O) groups is 2. The molecule has 0 N–H and O–H groups in total. The van der Waals surface area contributed by atoms with Gasteiger partial charge in [-0.1, -0.05) is 6.07 Å². The second-order valence-electron chi connectivity index (χ2n) is 5.02. The highest BCUT2D eigenvalue weighted by atomic mass is 16.5. The van der Waals surface area contributed by atoms with E-state index in [1.54, 1.807) is 26.2 Å². The summed E-state index contributed by atoms with van der Waals surface area (Å²) in [5.41, 5.74) is 1.45. The van der Waals surface area contributed by atoms with Crippen molar-refractivity contribution in [1.82, 2.24) is 4.90 Å². The summed E-state index contributed by atoms with van der Waals surface area (Å²) in [4.78, 5) is 25.7. The molecule has 0 fully saturated rings. The maximum absolute atomic E-state index is 12.6. The molecule has 0 atom stereocenters. The third-order valence-electron chi connectivity index (χ3n) is 3.14. The van der Waals surface area contributed by atoms with Crippen molar-refractivity contribution >= 4 is 11.9 Å². The van der Waals surface area contributed by atoms with Crippen LogP contribution in [0.2, 0.25) is 0 Å². The summed E-state index contributed by atoms with van der Waals surface area (Å²) in [6.45, 7) is 7.62. The number of rotatable bonds is 6. The van der Waals surface area contributed by atoms with Crippen LogP contribution in [0, 0.1) is 6.92 Å². The fourth-order valence-electron chi connectivity index (χ4n) is 1.95. The van der Waals surface area contributed by atoms with Crippen molar-refractivity contribution in [2.45, 2.75) is 33.7 Å². The molecule has 1 aromatic rings. The van der Waals surface area contributed by atoms with Gasteiger partial charge in [-0.25, -0.2) is 0 Å². The highest BCUT2D eigenvalue weighted by molar-refractivity contribution is 5.96. The molecule has 0 heterocycles. The van der Waals surface area contributed by atoms with Crippen molar-refractivity contribution in [2.75, 3.05) is 20.3 Å². The van der Waals surface area contributed by atoms with E-state index in [0.29, 0.717) is 17.9 Å². The van der Waals surface area contributed by atoms with Gasteiger partial charge in [-0.2, -0.15) is 0 Å². The van der Waals surface area contributed by atoms with Crippen LogP contribution in [0.15, 0.2) is 18.2 Å². The van der Waals surface area contributed by atoms with Crippen molar-refractivity contribution in [3.8, 4) is 5.75 Å². The number of nitrogens with zero attached hydrogens (tertiary/aromatic N) is 1. The standard InChI is InChI=1S/C16H23NO4/c1-6-21-15(18)10-17(11(2)3)16(19)13-8-7-12(4)14(9-13)20-5/h7-9,11H,6,10H2,1-5H3.